The molecule has 5 nitrogen and oxygen atoms in total. The van der Waals surface area contributed by atoms with E-state index in [1.54, 1.807) is 7.11 Å². The van der Waals surface area contributed by atoms with Gasteiger partial charge in [0.05, 0.1) is 18.5 Å². The Balaban J connectivity index is 2.73. The van der Waals surface area contributed by atoms with Crippen LogP contribution < -0.4 is 5.73 Å². The maximum Gasteiger partial charge on any atom is 0.188 e. The van der Waals surface area contributed by atoms with Crippen LogP contribution >= 0.6 is 11.8 Å². The Bertz CT molecular complexity index is 342. The zero-order valence-electron chi connectivity index (χ0n) is 10.4. The Labute approximate surface area is 106 Å². The number of aromatic nitrogens is 2. The number of aryl methyl sites for hydroxylation is 2. The molecule has 1 rings (SSSR count). The predicted octanol–water partition coefficient (Wildman–Crippen LogP) is 0.520. The van der Waals surface area contributed by atoms with Crippen molar-refractivity contribution in [3.8, 4) is 0 Å². The van der Waals surface area contributed by atoms with Crippen molar-refractivity contribution in [1.29, 1.82) is 0 Å². The first-order valence-electron chi connectivity index (χ1n) is 5.41. The predicted molar refractivity (Wildman–Crippen MR) is 68.1 cm³/mol. The first-order chi connectivity index (χ1) is 8.06. The van der Waals surface area contributed by atoms with Gasteiger partial charge in [-0.05, 0) is 19.9 Å². The summed E-state index contributed by atoms with van der Waals surface area (Å²) < 4.78 is 4.98. The van der Waals surface area contributed by atoms with Crippen molar-refractivity contribution in [2.45, 2.75) is 30.3 Å². The molecule has 1 heterocycles. The van der Waals surface area contributed by atoms with Crippen molar-refractivity contribution >= 4 is 11.8 Å². The minimum atomic E-state index is -0.237. The van der Waals surface area contributed by atoms with E-state index >= 15 is 0 Å². The monoisotopic (exact) mass is 257 g/mol. The van der Waals surface area contributed by atoms with E-state index in [0.717, 1.165) is 11.4 Å². The summed E-state index contributed by atoms with van der Waals surface area (Å²) in [6.07, 6.45) is 0. The summed E-state index contributed by atoms with van der Waals surface area (Å²) in [5.41, 5.74) is 7.73. The minimum Gasteiger partial charge on any atom is -0.395 e. The van der Waals surface area contributed by atoms with Gasteiger partial charge in [0.15, 0.2) is 5.16 Å². The van der Waals surface area contributed by atoms with Gasteiger partial charge in [0, 0.05) is 24.5 Å². The second kappa shape index (κ2) is 6.90. The zero-order chi connectivity index (χ0) is 12.8. The second-order valence-electron chi connectivity index (χ2n) is 3.89. The molecule has 1 aromatic heterocycles. The van der Waals surface area contributed by atoms with Crippen LogP contribution in [0.2, 0.25) is 0 Å². The van der Waals surface area contributed by atoms with Crippen LogP contribution in [0.3, 0.4) is 0 Å². The average molecular weight is 257 g/mol. The van der Waals surface area contributed by atoms with E-state index in [2.05, 4.69) is 9.97 Å². The molecule has 96 valence electrons. The number of hydrogen-bond acceptors (Lipinski definition) is 6. The molecule has 0 radical (unpaired) electrons. The summed E-state index contributed by atoms with van der Waals surface area (Å²) >= 11 is 1.39. The largest absolute Gasteiger partial charge is 0.395 e. The number of nitrogens with two attached hydrogens (primary N) is 1. The first kappa shape index (κ1) is 14.4. The second-order valence-corrected chi connectivity index (χ2v) is 5.10. The molecule has 0 aliphatic rings. The maximum absolute atomic E-state index is 9.31. The normalized spacial score (nSPS) is 14.6. The molecule has 6 heteroatoms. The van der Waals surface area contributed by atoms with Gasteiger partial charge in [-0.1, -0.05) is 11.8 Å². The van der Waals surface area contributed by atoms with Gasteiger partial charge in [0.2, 0.25) is 0 Å². The van der Waals surface area contributed by atoms with Crippen LogP contribution in [0.4, 0.5) is 0 Å². The third kappa shape index (κ3) is 4.59. The van der Waals surface area contributed by atoms with Crippen LogP contribution in [0.15, 0.2) is 11.2 Å². The number of nitrogens with zero attached hydrogens (tertiary/aromatic N) is 2. The molecule has 0 spiro atoms. The van der Waals surface area contributed by atoms with Gasteiger partial charge in [-0.25, -0.2) is 9.97 Å². The number of hydrogen-bond donors (Lipinski definition) is 2. The molecule has 3 N–H and O–H groups in total. The third-order valence-corrected chi connectivity index (χ3v) is 3.43. The molecule has 2 atom stereocenters. The molecule has 0 amide bonds. The summed E-state index contributed by atoms with van der Waals surface area (Å²) in [6.45, 7) is 4.22. The first-order valence-corrected chi connectivity index (χ1v) is 6.29. The average Bonchev–Trinajstić information content (AvgIpc) is 2.24. The summed E-state index contributed by atoms with van der Waals surface area (Å²) in [6, 6.07) is 1.67. The summed E-state index contributed by atoms with van der Waals surface area (Å²) in [7, 11) is 1.59. The van der Waals surface area contributed by atoms with Gasteiger partial charge in [0.1, 0.15) is 0 Å². The topological polar surface area (TPSA) is 81.3 Å². The van der Waals surface area contributed by atoms with Gasteiger partial charge in [0.25, 0.3) is 0 Å². The van der Waals surface area contributed by atoms with Crippen LogP contribution in [0.5, 0.6) is 0 Å². The lowest BCUT2D eigenvalue weighted by Crippen LogP contribution is -2.38. The van der Waals surface area contributed by atoms with Gasteiger partial charge >= 0.3 is 0 Å². The van der Waals surface area contributed by atoms with E-state index in [4.69, 9.17) is 10.5 Å². The fourth-order valence-electron chi connectivity index (χ4n) is 1.44. The molecule has 0 fully saturated rings. The number of aliphatic hydroxyl groups is 1. The molecular weight excluding hydrogens is 238 g/mol. The summed E-state index contributed by atoms with van der Waals surface area (Å²) in [4.78, 5) is 8.62. The lowest BCUT2D eigenvalue weighted by Gasteiger charge is -2.19. The lowest BCUT2D eigenvalue weighted by atomic mass is 10.2. The van der Waals surface area contributed by atoms with Gasteiger partial charge in [-0.15, -0.1) is 0 Å². The molecule has 0 saturated carbocycles. The number of thioether (sulfide) groups is 1. The van der Waals surface area contributed by atoms with Gasteiger partial charge < -0.3 is 15.6 Å². The van der Waals surface area contributed by atoms with Crippen molar-refractivity contribution in [3.05, 3.63) is 17.5 Å². The summed E-state index contributed by atoms with van der Waals surface area (Å²) in [5, 5.41) is 9.80. The highest BCUT2D eigenvalue weighted by Crippen LogP contribution is 2.22. The Hall–Kier alpha value is -0.690. The third-order valence-electron chi connectivity index (χ3n) is 2.24. The van der Waals surface area contributed by atoms with Crippen LogP contribution in [0, 0.1) is 13.8 Å². The number of rotatable bonds is 6. The Kier molecular flexibility index (Phi) is 5.84. The van der Waals surface area contributed by atoms with E-state index in [1.807, 2.05) is 19.9 Å². The molecule has 17 heavy (non-hydrogen) atoms. The molecule has 2 unspecified atom stereocenters. The van der Waals surface area contributed by atoms with Crippen molar-refractivity contribution in [2.75, 3.05) is 20.3 Å². The Morgan fingerprint density at radius 2 is 2.00 bits per heavy atom. The van der Waals surface area contributed by atoms with Crippen LogP contribution in [0.25, 0.3) is 0 Å². The molecule has 0 aliphatic carbocycles. The zero-order valence-corrected chi connectivity index (χ0v) is 11.2. The molecule has 0 aromatic carbocycles. The van der Waals surface area contributed by atoms with Crippen LogP contribution in [-0.4, -0.2) is 46.7 Å². The Morgan fingerprint density at radius 1 is 1.41 bits per heavy atom. The Morgan fingerprint density at radius 3 is 2.47 bits per heavy atom. The maximum atomic E-state index is 9.31. The van der Waals surface area contributed by atoms with E-state index in [1.165, 1.54) is 11.8 Å². The highest BCUT2D eigenvalue weighted by Gasteiger charge is 2.19. The van der Waals surface area contributed by atoms with Gasteiger partial charge in [-0.2, -0.15) is 0 Å². The molecule has 0 saturated heterocycles. The smallest absolute Gasteiger partial charge is 0.188 e. The van der Waals surface area contributed by atoms with E-state index < -0.39 is 0 Å². The van der Waals surface area contributed by atoms with Crippen molar-refractivity contribution in [2.24, 2.45) is 5.73 Å². The molecule has 0 bridgehead atoms. The lowest BCUT2D eigenvalue weighted by molar-refractivity contribution is 0.167. The van der Waals surface area contributed by atoms with Crippen molar-refractivity contribution in [3.63, 3.8) is 0 Å². The number of ether oxygens (including phenoxy) is 1. The van der Waals surface area contributed by atoms with E-state index in [9.17, 15) is 5.11 Å². The fraction of sp³-hybridized carbons (Fsp3) is 0.636. The highest BCUT2D eigenvalue weighted by atomic mass is 32.2. The van der Waals surface area contributed by atoms with Crippen LogP contribution in [0.1, 0.15) is 11.4 Å². The van der Waals surface area contributed by atoms with Gasteiger partial charge in [-0.3, -0.25) is 0 Å². The molecule has 0 aliphatic heterocycles. The van der Waals surface area contributed by atoms with Crippen LogP contribution in [-0.2, 0) is 4.74 Å². The van der Waals surface area contributed by atoms with Crippen molar-refractivity contribution < 1.29 is 9.84 Å². The van der Waals surface area contributed by atoms with E-state index in [-0.39, 0.29) is 17.9 Å². The number of aliphatic hydroxyl groups excluding tert-OH is 1. The molecular formula is C11H19N3O2S. The van der Waals surface area contributed by atoms with Crippen molar-refractivity contribution in [1.82, 2.24) is 9.97 Å². The summed E-state index contributed by atoms with van der Waals surface area (Å²) in [5.74, 6) is 0. The number of methoxy groups -OCH3 is 1. The SMILES string of the molecule is COCC(N)C(CO)Sc1nc(C)cc(C)n1. The quantitative estimate of drug-likeness (QED) is 0.571. The fourth-order valence-corrected chi connectivity index (χ4v) is 2.43. The minimum absolute atomic E-state index is 0.0223. The standard InChI is InChI=1S/C11H19N3O2S/c1-7-4-8(2)14-11(13-7)17-10(5-15)9(12)6-16-3/h4,9-10,15H,5-6,12H2,1-3H3. The highest BCUT2D eigenvalue weighted by molar-refractivity contribution is 7.99. The molecule has 1 aromatic rings. The van der Waals surface area contributed by atoms with E-state index in [0.29, 0.717) is 11.8 Å².